The quantitative estimate of drug-likeness (QED) is 0.311. The molecule has 0 aromatic rings. The fraction of sp³-hybridized carbons (Fsp3) is 0. The average molecular weight is 251 g/mol. The van der Waals surface area contributed by atoms with Crippen LogP contribution >= 0.6 is 7.82 Å². The van der Waals surface area contributed by atoms with Crippen molar-refractivity contribution in [2.75, 3.05) is 0 Å². The van der Waals surface area contributed by atoms with E-state index in [1.807, 2.05) is 0 Å². The van der Waals surface area contributed by atoms with Gasteiger partial charge in [0.1, 0.15) is 0 Å². The third-order valence-electron chi connectivity index (χ3n) is 0. The van der Waals surface area contributed by atoms with Gasteiger partial charge >= 0.3 is 113 Å². The zero-order valence-corrected chi connectivity index (χ0v) is 12.7. The van der Waals surface area contributed by atoms with Crippen molar-refractivity contribution in [3.8, 4) is 0 Å². The van der Waals surface area contributed by atoms with Crippen molar-refractivity contribution in [1.29, 1.82) is 0 Å². The molecule has 0 unspecified atom stereocenters. The molecule has 0 aliphatic heterocycles. The minimum absolute atomic E-state index is 0. The van der Waals surface area contributed by atoms with Crippen LogP contribution in [0.3, 0.4) is 0 Å². The van der Waals surface area contributed by atoms with E-state index in [-0.39, 0.29) is 124 Å². The molecule has 0 aliphatic carbocycles. The topological polar surface area (TPSA) is 149 Å². The first-order chi connectivity index (χ1) is 2.00. The first-order valence-electron chi connectivity index (χ1n) is 0.730. The van der Waals surface area contributed by atoms with Crippen molar-refractivity contribution in [3.63, 3.8) is 0 Å². The Balaban J connectivity index is -0.00000000800. The molecule has 0 aromatic carbocycles. The van der Waals surface area contributed by atoms with Crippen molar-refractivity contribution >= 4 is 121 Å². The summed E-state index contributed by atoms with van der Waals surface area (Å²) in [6, 6.07) is 0. The van der Waals surface area contributed by atoms with Crippen LogP contribution in [-0.2, 0) is 4.57 Å². The van der Waals surface area contributed by atoms with Gasteiger partial charge < -0.3 is 30.2 Å². The molecule has 0 aromatic heterocycles. The van der Waals surface area contributed by atoms with Crippen LogP contribution in [0.25, 0.3) is 0 Å². The minimum Gasteiger partial charge on any atom is -0.822 e. The van der Waals surface area contributed by atoms with Crippen LogP contribution in [0.4, 0.5) is 0 Å². The molecule has 0 fully saturated rings. The second kappa shape index (κ2) is 18.6. The molecule has 0 radical (unpaired) electrons. The van der Waals surface area contributed by atoms with E-state index in [0.29, 0.717) is 0 Å². The fourth-order valence-corrected chi connectivity index (χ4v) is 0. The van der Waals surface area contributed by atoms with Gasteiger partial charge in [0, 0.05) is 0 Å². The zero-order valence-electron chi connectivity index (χ0n) is 5.20. The summed E-state index contributed by atoms with van der Waals surface area (Å²) in [6.45, 7) is 0. The maximum atomic E-state index is 8.55. The van der Waals surface area contributed by atoms with Gasteiger partial charge in [-0.15, -0.1) is 0 Å². The summed E-state index contributed by atoms with van der Waals surface area (Å²) < 4.78 is 8.55. The van der Waals surface area contributed by atoms with E-state index in [2.05, 4.69) is 0 Å². The van der Waals surface area contributed by atoms with Crippen molar-refractivity contribution in [1.82, 2.24) is 0 Å². The van der Waals surface area contributed by atoms with Crippen molar-refractivity contribution in [3.05, 3.63) is 0 Å². The smallest absolute Gasteiger partial charge is 0.822 e. The predicted molar refractivity (Wildman–Crippen MR) is 32.1 cm³/mol. The summed E-state index contributed by atoms with van der Waals surface area (Å²) in [5.74, 6) is 0. The van der Waals surface area contributed by atoms with E-state index in [0.717, 1.165) is 0 Å². The van der Waals surface area contributed by atoms with Gasteiger partial charge in [0.25, 0.3) is 0 Å². The Bertz CT molecular complexity index is 59.1. The van der Waals surface area contributed by atoms with Gasteiger partial charge in [-0.25, -0.2) is 0 Å². The summed E-state index contributed by atoms with van der Waals surface area (Å²) in [5.41, 5.74) is 0. The molecule has 0 aliphatic rings. The van der Waals surface area contributed by atoms with Gasteiger partial charge in [0.2, 0.25) is 0 Å². The van der Waals surface area contributed by atoms with Crippen molar-refractivity contribution in [2.45, 2.75) is 0 Å². The maximum Gasteiger partial charge on any atom is 2.00 e. The van der Waals surface area contributed by atoms with E-state index < -0.39 is 7.82 Å². The van der Waals surface area contributed by atoms with Crippen LogP contribution in [0.15, 0.2) is 0 Å². The Labute approximate surface area is 148 Å². The predicted octanol–water partition coefficient (Wildman–Crippen LogP) is -5.62. The van der Waals surface area contributed by atoms with E-state index in [1.165, 1.54) is 0 Å². The maximum absolute atomic E-state index is 8.55. The molecule has 0 atom stereocenters. The van der Waals surface area contributed by atoms with Gasteiger partial charge in [0.05, 0.1) is 0 Å². The van der Waals surface area contributed by atoms with Crippen LogP contribution < -0.4 is 14.7 Å². The summed E-state index contributed by atoms with van der Waals surface area (Å²) in [7, 11) is -5.39. The standard InChI is InChI=1S/3Ca.H3O4P.2H2O/c;;;1-5(2,3)4;;/h;;;(H3,1,2,3,4);2*1H2/q3*+2;;;/p-3. The van der Waals surface area contributed by atoms with Crippen molar-refractivity contribution < 1.29 is 30.2 Å². The molecule has 10 heavy (non-hydrogen) atoms. The molecular weight excluding hydrogens is 247 g/mol. The molecule has 10 heteroatoms. The first kappa shape index (κ1) is 37.2. The van der Waals surface area contributed by atoms with Gasteiger partial charge in [-0.1, -0.05) is 0 Å². The molecular formula is H4Ca3O6P+3. The van der Waals surface area contributed by atoms with Crippen LogP contribution in [0.5, 0.6) is 0 Å². The summed E-state index contributed by atoms with van der Waals surface area (Å²) >= 11 is 0. The minimum atomic E-state index is -5.39. The van der Waals surface area contributed by atoms with Gasteiger partial charge in [-0.05, 0) is 0 Å². The average Bonchev–Trinajstić information content (AvgIpc) is 0.722. The number of hydrogen-bond donors (Lipinski definition) is 0. The van der Waals surface area contributed by atoms with Crippen LogP contribution in [0.1, 0.15) is 0 Å². The van der Waals surface area contributed by atoms with Crippen LogP contribution in [0, 0.1) is 0 Å². The molecule has 0 rings (SSSR count). The van der Waals surface area contributed by atoms with E-state index in [4.69, 9.17) is 19.2 Å². The molecule has 0 saturated heterocycles. The van der Waals surface area contributed by atoms with Gasteiger partial charge in [0.15, 0.2) is 0 Å². The Morgan fingerprint density at radius 1 is 0.800 bits per heavy atom. The van der Waals surface area contributed by atoms with E-state index in [1.54, 1.807) is 0 Å². The van der Waals surface area contributed by atoms with Gasteiger partial charge in [-0.2, -0.15) is 7.82 Å². The molecule has 6 nitrogen and oxygen atoms in total. The monoisotopic (exact) mass is 251 g/mol. The van der Waals surface area contributed by atoms with E-state index in [9.17, 15) is 0 Å². The molecule has 0 spiro atoms. The zero-order chi connectivity index (χ0) is 4.50. The fourth-order valence-electron chi connectivity index (χ4n) is 0. The summed E-state index contributed by atoms with van der Waals surface area (Å²) in [5, 5.41) is 0. The second-order valence-corrected chi connectivity index (χ2v) is 1.34. The number of rotatable bonds is 0. The molecule has 0 heterocycles. The summed E-state index contributed by atoms with van der Waals surface area (Å²) in [6.07, 6.45) is 0. The molecule has 4 N–H and O–H groups in total. The Morgan fingerprint density at radius 2 is 0.800 bits per heavy atom. The number of phosphoric acid groups is 1. The third-order valence-corrected chi connectivity index (χ3v) is 0. The normalized spacial score (nSPS) is 5.90. The molecule has 0 saturated carbocycles. The molecule has 48 valence electrons. The Hall–Kier alpha value is 3.81. The SMILES string of the molecule is O.O.O=P([O-])([O-])[O-].[Ca+2].[Ca+2].[Ca+2]. The van der Waals surface area contributed by atoms with Crippen molar-refractivity contribution in [2.24, 2.45) is 0 Å². The molecule has 0 bridgehead atoms. The molecule has 0 amide bonds. The Morgan fingerprint density at radius 3 is 0.800 bits per heavy atom. The van der Waals surface area contributed by atoms with Crippen LogP contribution in [-0.4, -0.2) is 124 Å². The first-order valence-corrected chi connectivity index (χ1v) is 2.19. The third kappa shape index (κ3) is 95.1. The largest absolute Gasteiger partial charge is 2.00 e. The van der Waals surface area contributed by atoms with Gasteiger partial charge in [-0.3, -0.25) is 0 Å². The summed E-state index contributed by atoms with van der Waals surface area (Å²) in [4.78, 5) is 25.6. The second-order valence-electron chi connectivity index (χ2n) is 0.447. The van der Waals surface area contributed by atoms with E-state index >= 15 is 0 Å². The Kier molecular flexibility index (Phi) is 69.0. The van der Waals surface area contributed by atoms with Crippen LogP contribution in [0.2, 0.25) is 0 Å². The number of hydrogen-bond acceptors (Lipinski definition) is 4.